The van der Waals surface area contributed by atoms with Gasteiger partial charge in [0, 0.05) is 19.6 Å². The number of ether oxygens (including phenoxy) is 1. The summed E-state index contributed by atoms with van der Waals surface area (Å²) in [6.45, 7) is 3.66. The Bertz CT molecular complexity index is 385. The van der Waals surface area contributed by atoms with E-state index >= 15 is 0 Å². The first-order chi connectivity index (χ1) is 9.96. The van der Waals surface area contributed by atoms with Gasteiger partial charge in [0.05, 0.1) is 11.0 Å². The molecular weight excluding hydrogens is 272 g/mol. The molecule has 2 rings (SSSR count). The largest absolute Gasteiger partial charge is 0.481 e. The summed E-state index contributed by atoms with van der Waals surface area (Å²) in [7, 11) is 0. The molecule has 0 atom stereocenters. The quantitative estimate of drug-likeness (QED) is 0.634. The second-order valence-corrected chi connectivity index (χ2v) is 6.62. The average molecular weight is 298 g/mol. The van der Waals surface area contributed by atoms with Gasteiger partial charge < -0.3 is 20.5 Å². The lowest BCUT2D eigenvalue weighted by molar-refractivity contribution is -0.150. The van der Waals surface area contributed by atoms with Gasteiger partial charge in [-0.1, -0.05) is 25.7 Å². The molecule has 1 aliphatic carbocycles. The minimum Gasteiger partial charge on any atom is -0.481 e. The van der Waals surface area contributed by atoms with E-state index < -0.39 is 11.4 Å². The number of aliphatic carboxylic acids is 1. The zero-order chi connectivity index (χ0) is 15.3. The number of carboxylic acid groups (broad SMARTS) is 1. The van der Waals surface area contributed by atoms with E-state index in [0.29, 0.717) is 12.8 Å². The van der Waals surface area contributed by atoms with E-state index in [1.54, 1.807) is 0 Å². The fraction of sp³-hybridized carbons (Fsp3) is 0.867. The van der Waals surface area contributed by atoms with E-state index in [0.717, 1.165) is 38.8 Å². The molecule has 0 aromatic carbocycles. The molecule has 0 unspecified atom stereocenters. The molecule has 3 N–H and O–H groups in total. The Morgan fingerprint density at radius 3 is 2.29 bits per heavy atom. The van der Waals surface area contributed by atoms with Crippen LogP contribution < -0.4 is 10.6 Å². The molecule has 0 spiro atoms. The molecule has 1 aliphatic heterocycles. The first-order valence-electron chi connectivity index (χ1n) is 7.81. The zero-order valence-corrected chi connectivity index (χ0v) is 12.7. The van der Waals surface area contributed by atoms with Crippen molar-refractivity contribution in [3.63, 3.8) is 0 Å². The van der Waals surface area contributed by atoms with Crippen LogP contribution in [0.25, 0.3) is 0 Å². The minimum absolute atomic E-state index is 0.00607. The van der Waals surface area contributed by atoms with Crippen LogP contribution in [0, 0.1) is 5.41 Å². The molecule has 1 saturated carbocycles. The van der Waals surface area contributed by atoms with Crippen molar-refractivity contribution in [1.29, 1.82) is 0 Å². The first kappa shape index (κ1) is 16.2. The minimum atomic E-state index is -0.798. The third-order valence-corrected chi connectivity index (χ3v) is 4.69. The Labute approximate surface area is 125 Å². The number of nitrogens with one attached hydrogen (secondary N) is 2. The Kier molecular flexibility index (Phi) is 5.22. The molecule has 6 heteroatoms. The van der Waals surface area contributed by atoms with Gasteiger partial charge in [-0.25, -0.2) is 0 Å². The summed E-state index contributed by atoms with van der Waals surface area (Å²) >= 11 is 0. The second kappa shape index (κ2) is 6.75. The maximum absolute atomic E-state index is 11.9. The Hall–Kier alpha value is -1.14. The Morgan fingerprint density at radius 2 is 1.81 bits per heavy atom. The first-order valence-corrected chi connectivity index (χ1v) is 7.81. The van der Waals surface area contributed by atoms with Crippen LogP contribution in [0.1, 0.15) is 45.4 Å². The van der Waals surface area contributed by atoms with Crippen LogP contribution in [-0.4, -0.2) is 48.8 Å². The van der Waals surface area contributed by atoms with Gasteiger partial charge in [0.25, 0.3) is 0 Å². The van der Waals surface area contributed by atoms with Crippen molar-refractivity contribution in [2.24, 2.45) is 5.41 Å². The molecule has 0 radical (unpaired) electrons. The molecule has 6 nitrogen and oxygen atoms in total. The van der Waals surface area contributed by atoms with Crippen molar-refractivity contribution in [2.45, 2.75) is 51.0 Å². The molecule has 0 bridgehead atoms. The summed E-state index contributed by atoms with van der Waals surface area (Å²) in [4.78, 5) is 23.5. The number of hydrogen-bond donors (Lipinski definition) is 3. The van der Waals surface area contributed by atoms with E-state index in [1.165, 1.54) is 0 Å². The van der Waals surface area contributed by atoms with Gasteiger partial charge in [0.1, 0.15) is 6.61 Å². The topological polar surface area (TPSA) is 87.7 Å². The van der Waals surface area contributed by atoms with Crippen molar-refractivity contribution >= 4 is 11.9 Å². The third kappa shape index (κ3) is 4.17. The van der Waals surface area contributed by atoms with Crippen molar-refractivity contribution in [3.05, 3.63) is 0 Å². The summed E-state index contributed by atoms with van der Waals surface area (Å²) in [5, 5.41) is 15.4. The zero-order valence-electron chi connectivity index (χ0n) is 12.7. The van der Waals surface area contributed by atoms with Crippen molar-refractivity contribution < 1.29 is 19.4 Å². The van der Waals surface area contributed by atoms with Gasteiger partial charge in [0.15, 0.2) is 0 Å². The standard InChI is InChI=1S/C15H26N2O4/c1-14(9-16-10-14)21-8-12(18)17-11-15(13(19)20)6-4-2-3-5-7-15/h16H,2-11H2,1H3,(H,17,18)(H,19,20). The Balaban J connectivity index is 1.80. The smallest absolute Gasteiger partial charge is 0.311 e. The summed E-state index contributed by atoms with van der Waals surface area (Å²) in [5.74, 6) is -1.02. The fourth-order valence-corrected chi connectivity index (χ4v) is 3.01. The molecule has 2 fully saturated rings. The van der Waals surface area contributed by atoms with Gasteiger partial charge in [0.2, 0.25) is 5.91 Å². The van der Waals surface area contributed by atoms with E-state index in [4.69, 9.17) is 4.74 Å². The van der Waals surface area contributed by atoms with Crippen LogP contribution in [-0.2, 0) is 14.3 Å². The number of rotatable bonds is 6. The van der Waals surface area contributed by atoms with E-state index in [-0.39, 0.29) is 24.7 Å². The molecule has 120 valence electrons. The molecule has 0 aromatic heterocycles. The van der Waals surface area contributed by atoms with Gasteiger partial charge in [-0.2, -0.15) is 0 Å². The lowest BCUT2D eigenvalue weighted by Crippen LogP contribution is -2.59. The lowest BCUT2D eigenvalue weighted by atomic mass is 9.80. The maximum atomic E-state index is 11.9. The lowest BCUT2D eigenvalue weighted by Gasteiger charge is -2.38. The monoisotopic (exact) mass is 298 g/mol. The van der Waals surface area contributed by atoms with Crippen molar-refractivity contribution in [1.82, 2.24) is 10.6 Å². The van der Waals surface area contributed by atoms with Crippen LogP contribution in [0.4, 0.5) is 0 Å². The number of hydrogen-bond acceptors (Lipinski definition) is 4. The number of carbonyl (C=O) groups excluding carboxylic acids is 1. The fourth-order valence-electron chi connectivity index (χ4n) is 3.01. The molecule has 1 heterocycles. The molecule has 0 aromatic rings. The van der Waals surface area contributed by atoms with Gasteiger partial charge in [-0.15, -0.1) is 0 Å². The van der Waals surface area contributed by atoms with Crippen LogP contribution in [0.5, 0.6) is 0 Å². The van der Waals surface area contributed by atoms with Crippen molar-refractivity contribution in [2.75, 3.05) is 26.2 Å². The molecular formula is C15H26N2O4. The highest BCUT2D eigenvalue weighted by molar-refractivity contribution is 5.79. The Morgan fingerprint density at radius 1 is 1.19 bits per heavy atom. The SMILES string of the molecule is CC1(OCC(=O)NCC2(C(=O)O)CCCCCC2)CNC1. The van der Waals surface area contributed by atoms with E-state index in [1.807, 2.05) is 6.92 Å². The van der Waals surface area contributed by atoms with Crippen LogP contribution in [0.2, 0.25) is 0 Å². The highest BCUT2D eigenvalue weighted by atomic mass is 16.5. The average Bonchev–Trinajstić information content (AvgIpc) is 2.67. The number of amides is 1. The van der Waals surface area contributed by atoms with Crippen LogP contribution >= 0.6 is 0 Å². The van der Waals surface area contributed by atoms with Crippen molar-refractivity contribution in [3.8, 4) is 0 Å². The van der Waals surface area contributed by atoms with E-state index in [2.05, 4.69) is 10.6 Å². The second-order valence-electron chi connectivity index (χ2n) is 6.62. The van der Waals surface area contributed by atoms with Gasteiger partial charge >= 0.3 is 5.97 Å². The molecule has 21 heavy (non-hydrogen) atoms. The number of carbonyl (C=O) groups is 2. The van der Waals surface area contributed by atoms with Crippen LogP contribution in [0.15, 0.2) is 0 Å². The highest BCUT2D eigenvalue weighted by Gasteiger charge is 2.39. The summed E-state index contributed by atoms with van der Waals surface area (Å²) in [6, 6.07) is 0. The summed E-state index contributed by atoms with van der Waals surface area (Å²) in [5.41, 5.74) is -1.06. The summed E-state index contributed by atoms with van der Waals surface area (Å²) in [6.07, 6.45) is 5.29. The maximum Gasteiger partial charge on any atom is 0.311 e. The van der Waals surface area contributed by atoms with Gasteiger partial charge in [-0.3, -0.25) is 9.59 Å². The molecule has 1 saturated heterocycles. The predicted molar refractivity (Wildman–Crippen MR) is 78.0 cm³/mol. The summed E-state index contributed by atoms with van der Waals surface area (Å²) < 4.78 is 5.56. The molecule has 2 aliphatic rings. The number of carboxylic acids is 1. The normalized spacial score (nSPS) is 23.7. The van der Waals surface area contributed by atoms with E-state index in [9.17, 15) is 14.7 Å². The third-order valence-electron chi connectivity index (χ3n) is 4.69. The van der Waals surface area contributed by atoms with Gasteiger partial charge in [-0.05, 0) is 19.8 Å². The molecule has 1 amide bonds. The van der Waals surface area contributed by atoms with Crippen LogP contribution in [0.3, 0.4) is 0 Å². The predicted octanol–water partition coefficient (Wildman–Crippen LogP) is 0.906. The highest BCUT2D eigenvalue weighted by Crippen LogP contribution is 2.34.